The summed E-state index contributed by atoms with van der Waals surface area (Å²) in [5.41, 5.74) is 4.91. The molecule has 0 amide bonds. The van der Waals surface area contributed by atoms with Crippen molar-refractivity contribution in [3.05, 3.63) is 89.7 Å². The van der Waals surface area contributed by atoms with Crippen LogP contribution in [0.3, 0.4) is 0 Å². The molecule has 0 unspecified atom stereocenters. The number of benzene rings is 2. The van der Waals surface area contributed by atoms with Crippen LogP contribution in [0.5, 0.6) is 0 Å². The second-order valence-electron chi connectivity index (χ2n) is 5.90. The summed E-state index contributed by atoms with van der Waals surface area (Å²) in [7, 11) is 0. The van der Waals surface area contributed by atoms with Gasteiger partial charge in [-0.3, -0.25) is 0 Å². The molecule has 0 saturated carbocycles. The van der Waals surface area contributed by atoms with E-state index >= 15 is 0 Å². The van der Waals surface area contributed by atoms with Crippen LogP contribution >= 0.6 is 0 Å². The Balaban J connectivity index is 1.72. The third-order valence-electron chi connectivity index (χ3n) is 4.09. The predicted molar refractivity (Wildman–Crippen MR) is 103 cm³/mol. The Labute approximate surface area is 146 Å². The zero-order valence-corrected chi connectivity index (χ0v) is 13.9. The molecule has 2 heterocycles. The maximum atomic E-state index is 4.75. The lowest BCUT2D eigenvalue weighted by atomic mass is 10.1. The average Bonchev–Trinajstić information content (AvgIpc) is 2.68. The summed E-state index contributed by atoms with van der Waals surface area (Å²) in [4.78, 5) is 13.9. The zero-order chi connectivity index (χ0) is 17.1. The maximum absolute atomic E-state index is 4.75. The molecule has 4 rings (SSSR count). The van der Waals surface area contributed by atoms with Crippen LogP contribution in [-0.4, -0.2) is 15.0 Å². The minimum Gasteiger partial charge on any atom is -0.245 e. The van der Waals surface area contributed by atoms with Gasteiger partial charge >= 0.3 is 0 Å². The van der Waals surface area contributed by atoms with Crippen molar-refractivity contribution in [2.45, 2.75) is 6.92 Å². The summed E-state index contributed by atoms with van der Waals surface area (Å²) in [5.74, 6) is 0.646. The number of para-hydroxylation sites is 1. The van der Waals surface area contributed by atoms with Gasteiger partial charge < -0.3 is 0 Å². The lowest BCUT2D eigenvalue weighted by Gasteiger charge is -2.05. The molecule has 0 spiro atoms. The van der Waals surface area contributed by atoms with Gasteiger partial charge in [0.1, 0.15) is 5.69 Å². The van der Waals surface area contributed by atoms with Crippen molar-refractivity contribution in [1.82, 2.24) is 15.0 Å². The second kappa shape index (κ2) is 6.65. The van der Waals surface area contributed by atoms with Gasteiger partial charge in [-0.2, -0.15) is 0 Å². The molecule has 2 aromatic carbocycles. The molecule has 0 aliphatic carbocycles. The van der Waals surface area contributed by atoms with E-state index in [1.165, 1.54) is 0 Å². The monoisotopic (exact) mass is 323 g/mol. The maximum Gasteiger partial charge on any atom is 0.178 e. The minimum atomic E-state index is 0.646. The number of hydrogen-bond donors (Lipinski definition) is 0. The van der Waals surface area contributed by atoms with Crippen LogP contribution in [0.15, 0.2) is 72.9 Å². The fraction of sp³-hybridized carbons (Fsp3) is 0.0455. The molecule has 2 aromatic heterocycles. The van der Waals surface area contributed by atoms with Crippen molar-refractivity contribution >= 4 is 23.1 Å². The molecular formula is C22H17N3. The third kappa shape index (κ3) is 3.31. The molecular weight excluding hydrogens is 306 g/mol. The fourth-order valence-corrected chi connectivity index (χ4v) is 2.67. The molecule has 0 aliphatic rings. The average molecular weight is 323 g/mol. The van der Waals surface area contributed by atoms with E-state index in [4.69, 9.17) is 4.98 Å². The summed E-state index contributed by atoms with van der Waals surface area (Å²) >= 11 is 0. The number of rotatable bonds is 3. The first kappa shape index (κ1) is 15.2. The van der Waals surface area contributed by atoms with Gasteiger partial charge in [-0.15, -0.1) is 0 Å². The smallest absolute Gasteiger partial charge is 0.178 e. The number of aromatic nitrogens is 3. The number of hydrogen-bond acceptors (Lipinski definition) is 3. The van der Waals surface area contributed by atoms with Gasteiger partial charge in [0.25, 0.3) is 0 Å². The Bertz CT molecular complexity index is 1050. The Morgan fingerprint density at radius 2 is 1.56 bits per heavy atom. The lowest BCUT2D eigenvalue weighted by Crippen LogP contribution is -1.95. The molecule has 0 aliphatic heterocycles. The van der Waals surface area contributed by atoms with Gasteiger partial charge in [-0.25, -0.2) is 15.0 Å². The van der Waals surface area contributed by atoms with Crippen LogP contribution in [0.4, 0.5) is 0 Å². The van der Waals surface area contributed by atoms with Crippen LogP contribution < -0.4 is 0 Å². The molecule has 3 nitrogen and oxygen atoms in total. The van der Waals surface area contributed by atoms with E-state index in [1.54, 1.807) is 0 Å². The van der Waals surface area contributed by atoms with Gasteiger partial charge in [0.2, 0.25) is 0 Å². The summed E-state index contributed by atoms with van der Waals surface area (Å²) in [6, 6.07) is 22.2. The van der Waals surface area contributed by atoms with Crippen molar-refractivity contribution in [2.75, 3.05) is 0 Å². The fourth-order valence-electron chi connectivity index (χ4n) is 2.67. The molecule has 120 valence electrons. The van der Waals surface area contributed by atoms with Gasteiger partial charge in [0.15, 0.2) is 5.82 Å². The number of pyridine rings is 1. The van der Waals surface area contributed by atoms with Gasteiger partial charge in [-0.05, 0) is 36.3 Å². The first-order valence-corrected chi connectivity index (χ1v) is 8.22. The first-order chi connectivity index (χ1) is 12.3. The SMILES string of the molecule is Cc1ccc(-c2ncc3ccccc3n2)nc1/C=C/c1ccccc1. The molecule has 4 aromatic rings. The van der Waals surface area contributed by atoms with Crippen molar-refractivity contribution in [3.8, 4) is 11.5 Å². The lowest BCUT2D eigenvalue weighted by molar-refractivity contribution is 1.15. The van der Waals surface area contributed by atoms with Crippen LogP contribution in [0.1, 0.15) is 16.8 Å². The molecule has 25 heavy (non-hydrogen) atoms. The topological polar surface area (TPSA) is 38.7 Å². The van der Waals surface area contributed by atoms with E-state index < -0.39 is 0 Å². The van der Waals surface area contributed by atoms with E-state index in [9.17, 15) is 0 Å². The van der Waals surface area contributed by atoms with Crippen LogP contribution in [0.2, 0.25) is 0 Å². The third-order valence-corrected chi connectivity index (χ3v) is 4.09. The van der Waals surface area contributed by atoms with Gasteiger partial charge in [-0.1, -0.05) is 60.7 Å². The zero-order valence-electron chi connectivity index (χ0n) is 13.9. The largest absolute Gasteiger partial charge is 0.245 e. The Morgan fingerprint density at radius 1 is 0.760 bits per heavy atom. The van der Waals surface area contributed by atoms with Gasteiger partial charge in [0, 0.05) is 11.6 Å². The summed E-state index contributed by atoms with van der Waals surface area (Å²) in [5, 5.41) is 1.03. The highest BCUT2D eigenvalue weighted by molar-refractivity contribution is 5.79. The van der Waals surface area contributed by atoms with Crippen LogP contribution in [-0.2, 0) is 0 Å². The van der Waals surface area contributed by atoms with E-state index in [0.717, 1.165) is 33.4 Å². The van der Waals surface area contributed by atoms with Crippen LogP contribution in [0, 0.1) is 6.92 Å². The van der Waals surface area contributed by atoms with Crippen molar-refractivity contribution < 1.29 is 0 Å². The molecule has 0 fully saturated rings. The standard InChI is InChI=1S/C22H17N3/c1-16-11-13-21(22-23-15-18-9-5-6-10-20(18)25-22)24-19(16)14-12-17-7-3-2-4-8-17/h2-15H,1H3/b14-12+. The molecule has 0 atom stereocenters. The van der Waals surface area contributed by atoms with Crippen molar-refractivity contribution in [2.24, 2.45) is 0 Å². The quantitative estimate of drug-likeness (QED) is 0.522. The van der Waals surface area contributed by atoms with Gasteiger partial charge in [0.05, 0.1) is 11.2 Å². The molecule has 3 heteroatoms. The first-order valence-electron chi connectivity index (χ1n) is 8.22. The number of fused-ring (bicyclic) bond motifs is 1. The normalized spacial score (nSPS) is 11.2. The Kier molecular flexibility index (Phi) is 4.05. The molecule has 0 radical (unpaired) electrons. The number of aryl methyl sites for hydroxylation is 1. The molecule has 0 bridgehead atoms. The molecule has 0 saturated heterocycles. The predicted octanol–water partition coefficient (Wildman–Crippen LogP) is 5.17. The van der Waals surface area contributed by atoms with Crippen molar-refractivity contribution in [3.63, 3.8) is 0 Å². The number of nitrogens with zero attached hydrogens (tertiary/aromatic N) is 3. The summed E-state index contributed by atoms with van der Waals surface area (Å²) < 4.78 is 0. The summed E-state index contributed by atoms with van der Waals surface area (Å²) in [6.45, 7) is 2.06. The van der Waals surface area contributed by atoms with E-state index in [-0.39, 0.29) is 0 Å². The Morgan fingerprint density at radius 3 is 2.44 bits per heavy atom. The summed E-state index contributed by atoms with van der Waals surface area (Å²) in [6.07, 6.45) is 5.95. The van der Waals surface area contributed by atoms with Crippen molar-refractivity contribution in [1.29, 1.82) is 0 Å². The Hall–Kier alpha value is -3.33. The highest BCUT2D eigenvalue weighted by Gasteiger charge is 2.06. The van der Waals surface area contributed by atoms with E-state index in [1.807, 2.05) is 60.8 Å². The van der Waals surface area contributed by atoms with Crippen LogP contribution in [0.25, 0.3) is 34.6 Å². The minimum absolute atomic E-state index is 0.646. The highest BCUT2D eigenvalue weighted by atomic mass is 14.9. The molecule has 0 N–H and O–H groups in total. The highest BCUT2D eigenvalue weighted by Crippen LogP contribution is 2.19. The van der Waals surface area contributed by atoms with E-state index in [2.05, 4.69) is 41.2 Å². The second-order valence-corrected chi connectivity index (χ2v) is 5.90. The van der Waals surface area contributed by atoms with E-state index in [0.29, 0.717) is 5.82 Å².